The van der Waals surface area contributed by atoms with Gasteiger partial charge >= 0.3 is 0 Å². The van der Waals surface area contributed by atoms with E-state index in [-0.39, 0.29) is 23.9 Å². The Morgan fingerprint density at radius 2 is 1.54 bits per heavy atom. The van der Waals surface area contributed by atoms with Crippen molar-refractivity contribution in [1.82, 2.24) is 15.0 Å². The summed E-state index contributed by atoms with van der Waals surface area (Å²) in [4.78, 5) is 32.6. The molecule has 1 aromatic heterocycles. The van der Waals surface area contributed by atoms with Gasteiger partial charge in [-0.05, 0) is 91.3 Å². The maximum absolute atomic E-state index is 14.3. The van der Waals surface area contributed by atoms with Gasteiger partial charge in [-0.1, -0.05) is 104 Å². The fourth-order valence-electron chi connectivity index (χ4n) is 7.25. The summed E-state index contributed by atoms with van der Waals surface area (Å²) < 4.78 is 5.20. The van der Waals surface area contributed by atoms with E-state index in [9.17, 15) is 9.59 Å². The zero-order chi connectivity index (χ0) is 37.2. The summed E-state index contributed by atoms with van der Waals surface area (Å²) in [5.41, 5.74) is 17.6. The predicted molar refractivity (Wildman–Crippen MR) is 213 cm³/mol. The average Bonchev–Trinajstić information content (AvgIpc) is 3.56. The summed E-state index contributed by atoms with van der Waals surface area (Å²) in [6.07, 6.45) is 9.87. The molecule has 5 N–H and O–H groups in total. The molecule has 1 fully saturated rings. The first kappa shape index (κ1) is 38.5. The molecule has 3 aromatic carbocycles. The van der Waals surface area contributed by atoms with E-state index in [0.29, 0.717) is 50.6 Å². The molecule has 3 unspecified atom stereocenters. The number of carbonyl (C=O) groups excluding carboxylic acids is 2. The molecular formula is C43H56N6O3. The Morgan fingerprint density at radius 1 is 0.904 bits per heavy atom. The van der Waals surface area contributed by atoms with Crippen LogP contribution in [-0.2, 0) is 22.4 Å². The van der Waals surface area contributed by atoms with Crippen molar-refractivity contribution >= 4 is 40.6 Å². The smallest absolute Gasteiger partial charge is 0.240 e. The van der Waals surface area contributed by atoms with Crippen molar-refractivity contribution in [2.75, 3.05) is 25.0 Å². The topological polar surface area (TPSA) is 131 Å². The molecule has 0 aliphatic carbocycles. The number of benzene rings is 3. The van der Waals surface area contributed by atoms with Crippen LogP contribution in [0, 0.1) is 12.8 Å². The summed E-state index contributed by atoms with van der Waals surface area (Å²) in [6, 6.07) is 20.6. The molecular weight excluding hydrogens is 649 g/mol. The molecule has 0 spiro atoms. The lowest BCUT2D eigenvalue weighted by molar-refractivity contribution is -0.149. The van der Waals surface area contributed by atoms with Crippen molar-refractivity contribution in [2.45, 2.75) is 90.4 Å². The highest BCUT2D eigenvalue weighted by Gasteiger charge is 2.40. The lowest BCUT2D eigenvalue weighted by Crippen LogP contribution is -2.65. The number of hydrogen-bond acceptors (Lipinski definition) is 7. The first-order valence-corrected chi connectivity index (χ1v) is 18.7. The first-order valence-electron chi connectivity index (χ1n) is 18.7. The summed E-state index contributed by atoms with van der Waals surface area (Å²) in [5, 5.41) is 9.64. The van der Waals surface area contributed by atoms with Gasteiger partial charge in [-0.2, -0.15) is 0 Å². The number of nitrogens with two attached hydrogens (primary N) is 2. The second kappa shape index (κ2) is 18.2. The van der Waals surface area contributed by atoms with Gasteiger partial charge in [-0.25, -0.2) is 0 Å². The Balaban J connectivity index is 1.36. The number of rotatable bonds is 16. The van der Waals surface area contributed by atoms with E-state index in [1.54, 1.807) is 0 Å². The molecule has 4 atom stereocenters. The number of allylic oxidation sites excluding steroid dienone is 1. The number of anilines is 1. The normalized spacial score (nSPS) is 17.5. The summed E-state index contributed by atoms with van der Waals surface area (Å²) in [5.74, 6) is 1.70. The fourth-order valence-corrected chi connectivity index (χ4v) is 7.25. The van der Waals surface area contributed by atoms with Crippen molar-refractivity contribution in [1.29, 1.82) is 0 Å². The minimum atomic E-state index is -0.718. The predicted octanol–water partition coefficient (Wildman–Crippen LogP) is 6.99. The molecule has 0 radical (unpaired) electrons. The maximum atomic E-state index is 14.3. The van der Waals surface area contributed by atoms with Gasteiger partial charge in [0.25, 0.3) is 0 Å². The molecule has 276 valence electrons. The Morgan fingerprint density at radius 3 is 2.15 bits per heavy atom. The average molecular weight is 705 g/mol. The number of nitrogens with one attached hydrogen (secondary N) is 1. The molecule has 0 bridgehead atoms. The number of hydrogen-bond donors (Lipinski definition) is 3. The van der Waals surface area contributed by atoms with Gasteiger partial charge in [0.05, 0.1) is 12.1 Å². The van der Waals surface area contributed by atoms with Gasteiger partial charge < -0.3 is 31.1 Å². The van der Waals surface area contributed by atoms with Crippen LogP contribution >= 0.6 is 0 Å². The number of carbonyl (C=O) groups is 2. The Kier molecular flexibility index (Phi) is 13.4. The van der Waals surface area contributed by atoms with Crippen LogP contribution in [0.4, 0.5) is 5.82 Å². The molecule has 5 rings (SSSR count). The highest BCUT2D eigenvalue weighted by atomic mass is 16.5. The lowest BCUT2D eigenvalue weighted by atomic mass is 9.93. The monoisotopic (exact) mass is 704 g/mol. The van der Waals surface area contributed by atoms with Crippen molar-refractivity contribution in [3.05, 3.63) is 107 Å². The van der Waals surface area contributed by atoms with Crippen LogP contribution in [0.2, 0.25) is 0 Å². The van der Waals surface area contributed by atoms with Gasteiger partial charge in [0.15, 0.2) is 5.82 Å². The molecule has 9 nitrogen and oxygen atoms in total. The van der Waals surface area contributed by atoms with Crippen LogP contribution in [0.5, 0.6) is 0 Å². The number of aromatic nitrogens is 1. The quantitative estimate of drug-likeness (QED) is 0.107. The van der Waals surface area contributed by atoms with E-state index in [1.165, 1.54) is 0 Å². The molecule has 2 heterocycles. The van der Waals surface area contributed by atoms with Crippen LogP contribution < -0.4 is 16.8 Å². The van der Waals surface area contributed by atoms with E-state index in [0.717, 1.165) is 58.0 Å². The third-order valence-corrected chi connectivity index (χ3v) is 10.1. The number of aryl methyl sites for hydroxylation is 1. The van der Waals surface area contributed by atoms with Crippen molar-refractivity contribution in [3.63, 3.8) is 0 Å². The van der Waals surface area contributed by atoms with Gasteiger partial charge in [0.1, 0.15) is 5.76 Å². The molecule has 52 heavy (non-hydrogen) atoms. The number of nitrogens with zero attached hydrogens (tertiary/aromatic N) is 3. The third-order valence-electron chi connectivity index (χ3n) is 10.1. The highest BCUT2D eigenvalue weighted by Crippen LogP contribution is 2.27. The van der Waals surface area contributed by atoms with Crippen molar-refractivity contribution in [2.24, 2.45) is 17.4 Å². The van der Waals surface area contributed by atoms with E-state index in [1.807, 2.05) is 72.2 Å². The standard InChI is InChI=1S/C43H56N6O3/c1-6-11-35-23-31(16-18-33(35)7-2)25-40(45)43(51)49-27-37(14-10-21-46-41-22-30(5)52-47-41)48(28-38(49)20-15-29(3)4)42(50)39(44)26-32-17-19-34-12-8-9-13-36(34)24-32/h6-9,11-13,16-19,22-24,29,37-40H,2,10,14-15,20-21,25-28,44-45H2,1,3-5H3,(H,46,47)/b11-6-/t37?,38-,39?,40?/m1/s1. The number of piperazine rings is 1. The maximum Gasteiger partial charge on any atom is 0.240 e. The van der Waals surface area contributed by atoms with Gasteiger partial charge in [-0.3, -0.25) is 9.59 Å². The van der Waals surface area contributed by atoms with Crippen LogP contribution in [0.25, 0.3) is 22.9 Å². The Bertz CT molecular complexity index is 1850. The van der Waals surface area contributed by atoms with Crippen molar-refractivity contribution in [3.8, 4) is 0 Å². The Hall–Kier alpha value is -4.73. The zero-order valence-electron chi connectivity index (χ0n) is 31.3. The SMILES string of the molecule is C=Cc1ccc(CC(N)C(=O)N2CC(CCCNc3cc(C)on3)N(C(=O)C(N)Cc3ccc4ccccc4c3)C[C@H]2CCC(C)C)cc1/C=C\C. The van der Waals surface area contributed by atoms with Crippen molar-refractivity contribution < 1.29 is 14.1 Å². The molecule has 0 saturated carbocycles. The highest BCUT2D eigenvalue weighted by molar-refractivity contribution is 5.86. The fraction of sp³-hybridized carbons (Fsp3) is 0.419. The molecule has 1 aliphatic rings. The van der Waals surface area contributed by atoms with Crippen LogP contribution in [-0.4, -0.2) is 70.6 Å². The van der Waals surface area contributed by atoms with Crippen LogP contribution in [0.3, 0.4) is 0 Å². The lowest BCUT2D eigenvalue weighted by Gasteiger charge is -2.48. The largest absolute Gasteiger partial charge is 0.367 e. The van der Waals surface area contributed by atoms with Gasteiger partial charge in [-0.15, -0.1) is 0 Å². The number of amides is 2. The second-order valence-electron chi connectivity index (χ2n) is 14.6. The van der Waals surface area contributed by atoms with Gasteiger partial charge in [0.2, 0.25) is 11.8 Å². The zero-order valence-corrected chi connectivity index (χ0v) is 31.3. The van der Waals surface area contributed by atoms with E-state index >= 15 is 0 Å². The molecule has 9 heteroatoms. The minimum absolute atomic E-state index is 0.0806. The van der Waals surface area contributed by atoms with Crippen LogP contribution in [0.1, 0.15) is 74.5 Å². The van der Waals surface area contributed by atoms with E-state index < -0.39 is 12.1 Å². The van der Waals surface area contributed by atoms with E-state index in [4.69, 9.17) is 16.0 Å². The Labute approximate surface area is 309 Å². The molecule has 4 aromatic rings. The van der Waals surface area contributed by atoms with E-state index in [2.05, 4.69) is 67.3 Å². The summed E-state index contributed by atoms with van der Waals surface area (Å²) in [6.45, 7) is 13.6. The van der Waals surface area contributed by atoms with Gasteiger partial charge in [0, 0.05) is 37.8 Å². The molecule has 2 amide bonds. The second-order valence-corrected chi connectivity index (χ2v) is 14.6. The minimum Gasteiger partial charge on any atom is -0.367 e. The third kappa shape index (κ3) is 9.98. The molecule has 1 aliphatic heterocycles. The summed E-state index contributed by atoms with van der Waals surface area (Å²) >= 11 is 0. The first-order chi connectivity index (χ1) is 25.1. The molecule has 1 saturated heterocycles. The summed E-state index contributed by atoms with van der Waals surface area (Å²) in [7, 11) is 0. The van der Waals surface area contributed by atoms with Crippen LogP contribution in [0.15, 0.2) is 83.9 Å². The number of fused-ring (bicyclic) bond motifs is 1.